The molecule has 0 bridgehead atoms. The van der Waals surface area contributed by atoms with Crippen molar-refractivity contribution in [2.75, 3.05) is 6.54 Å². The molecular weight excluding hydrogens is 236 g/mol. The van der Waals surface area contributed by atoms with E-state index in [1.54, 1.807) is 0 Å². The first-order valence-electron chi connectivity index (χ1n) is 6.12. The van der Waals surface area contributed by atoms with Crippen LogP contribution in [0.15, 0.2) is 18.2 Å². The second-order valence-corrected chi connectivity index (χ2v) is 4.98. The van der Waals surface area contributed by atoms with Crippen molar-refractivity contribution in [1.82, 2.24) is 0 Å². The van der Waals surface area contributed by atoms with Gasteiger partial charge in [0, 0.05) is 12.5 Å². The Labute approximate surface area is 106 Å². The SMILES string of the molecule is CC(C)CC(CN)CC(=O)c1ccc(F)cc1F. The minimum absolute atomic E-state index is 0.0435. The van der Waals surface area contributed by atoms with Crippen molar-refractivity contribution in [2.45, 2.75) is 26.7 Å². The van der Waals surface area contributed by atoms with Crippen LogP contribution in [0, 0.1) is 23.5 Å². The number of halogens is 2. The highest BCUT2D eigenvalue weighted by Gasteiger charge is 2.18. The van der Waals surface area contributed by atoms with Crippen molar-refractivity contribution in [3.05, 3.63) is 35.4 Å². The molecule has 1 aromatic rings. The van der Waals surface area contributed by atoms with Gasteiger partial charge in [0.1, 0.15) is 11.6 Å². The standard InChI is InChI=1S/C14H19F2NO/c1-9(2)5-10(8-17)6-14(18)12-4-3-11(15)7-13(12)16/h3-4,7,9-10H,5-6,8,17H2,1-2H3. The zero-order valence-electron chi connectivity index (χ0n) is 10.7. The highest BCUT2D eigenvalue weighted by molar-refractivity contribution is 5.96. The molecule has 0 spiro atoms. The quantitative estimate of drug-likeness (QED) is 0.793. The third-order valence-electron chi connectivity index (χ3n) is 2.84. The lowest BCUT2D eigenvalue weighted by molar-refractivity contribution is 0.0953. The number of carbonyl (C=O) groups is 1. The van der Waals surface area contributed by atoms with Crippen LogP contribution in [-0.4, -0.2) is 12.3 Å². The number of hydrogen-bond acceptors (Lipinski definition) is 2. The van der Waals surface area contributed by atoms with Gasteiger partial charge in [0.15, 0.2) is 5.78 Å². The van der Waals surface area contributed by atoms with Gasteiger partial charge in [0.25, 0.3) is 0 Å². The van der Waals surface area contributed by atoms with E-state index >= 15 is 0 Å². The Morgan fingerprint density at radius 2 is 2.00 bits per heavy atom. The van der Waals surface area contributed by atoms with Crippen molar-refractivity contribution < 1.29 is 13.6 Å². The largest absolute Gasteiger partial charge is 0.330 e. The minimum Gasteiger partial charge on any atom is -0.330 e. The number of ketones is 1. The maximum Gasteiger partial charge on any atom is 0.166 e. The van der Waals surface area contributed by atoms with Crippen LogP contribution in [-0.2, 0) is 0 Å². The highest BCUT2D eigenvalue weighted by atomic mass is 19.1. The highest BCUT2D eigenvalue weighted by Crippen LogP contribution is 2.19. The lowest BCUT2D eigenvalue weighted by Crippen LogP contribution is -2.20. The lowest BCUT2D eigenvalue weighted by Gasteiger charge is -2.16. The van der Waals surface area contributed by atoms with Gasteiger partial charge in [-0.2, -0.15) is 0 Å². The molecule has 2 nitrogen and oxygen atoms in total. The summed E-state index contributed by atoms with van der Waals surface area (Å²) in [6.07, 6.45) is 1.03. The molecule has 2 N–H and O–H groups in total. The second-order valence-electron chi connectivity index (χ2n) is 4.98. The van der Waals surface area contributed by atoms with Crippen LogP contribution in [0.5, 0.6) is 0 Å². The van der Waals surface area contributed by atoms with Crippen LogP contribution in [0.4, 0.5) is 8.78 Å². The van der Waals surface area contributed by atoms with Crippen LogP contribution in [0.3, 0.4) is 0 Å². The second kappa shape index (κ2) is 6.59. The van der Waals surface area contributed by atoms with Gasteiger partial charge in [-0.3, -0.25) is 4.79 Å². The molecule has 0 aromatic heterocycles. The van der Waals surface area contributed by atoms with Crippen LogP contribution < -0.4 is 5.73 Å². The molecule has 0 saturated heterocycles. The predicted octanol–water partition coefficient (Wildman–Crippen LogP) is 3.16. The van der Waals surface area contributed by atoms with Crippen LogP contribution in [0.1, 0.15) is 37.0 Å². The molecule has 100 valence electrons. The summed E-state index contributed by atoms with van der Waals surface area (Å²) in [5, 5.41) is 0. The summed E-state index contributed by atoms with van der Waals surface area (Å²) in [7, 11) is 0. The summed E-state index contributed by atoms with van der Waals surface area (Å²) in [6.45, 7) is 4.49. The number of hydrogen-bond donors (Lipinski definition) is 1. The molecule has 1 aromatic carbocycles. The van der Waals surface area contributed by atoms with Crippen molar-refractivity contribution in [3.8, 4) is 0 Å². The van der Waals surface area contributed by atoms with Gasteiger partial charge in [-0.15, -0.1) is 0 Å². The Kier molecular flexibility index (Phi) is 5.41. The summed E-state index contributed by atoms with van der Waals surface area (Å²) < 4.78 is 26.2. The summed E-state index contributed by atoms with van der Waals surface area (Å²) in [6, 6.07) is 3.01. The molecule has 0 heterocycles. The molecule has 1 rings (SSSR count). The van der Waals surface area contributed by atoms with Crippen LogP contribution in [0.25, 0.3) is 0 Å². The number of Topliss-reactive ketones (excluding diaryl/α,β-unsaturated/α-hetero) is 1. The van der Waals surface area contributed by atoms with Crippen molar-refractivity contribution in [1.29, 1.82) is 0 Å². The summed E-state index contributed by atoms with van der Waals surface area (Å²) >= 11 is 0. The van der Waals surface area contributed by atoms with E-state index in [0.717, 1.165) is 18.6 Å². The Morgan fingerprint density at radius 1 is 1.33 bits per heavy atom. The van der Waals surface area contributed by atoms with Gasteiger partial charge in [-0.25, -0.2) is 8.78 Å². The van der Waals surface area contributed by atoms with E-state index < -0.39 is 11.6 Å². The first-order valence-corrected chi connectivity index (χ1v) is 6.12. The molecule has 1 atom stereocenters. The fraction of sp³-hybridized carbons (Fsp3) is 0.500. The maximum atomic E-state index is 13.4. The molecule has 0 fully saturated rings. The van der Waals surface area contributed by atoms with Crippen molar-refractivity contribution in [2.24, 2.45) is 17.6 Å². The monoisotopic (exact) mass is 255 g/mol. The summed E-state index contributed by atoms with van der Waals surface area (Å²) in [5.41, 5.74) is 5.55. The van der Waals surface area contributed by atoms with E-state index in [0.29, 0.717) is 12.5 Å². The first-order chi connectivity index (χ1) is 8.43. The van der Waals surface area contributed by atoms with E-state index in [4.69, 9.17) is 5.73 Å². The zero-order valence-corrected chi connectivity index (χ0v) is 10.7. The molecular formula is C14H19F2NO. The third kappa shape index (κ3) is 4.18. The molecule has 0 radical (unpaired) electrons. The smallest absolute Gasteiger partial charge is 0.166 e. The molecule has 0 amide bonds. The molecule has 18 heavy (non-hydrogen) atoms. The van der Waals surface area contributed by atoms with Gasteiger partial charge >= 0.3 is 0 Å². The van der Waals surface area contributed by atoms with Crippen molar-refractivity contribution in [3.63, 3.8) is 0 Å². The van der Waals surface area contributed by atoms with Gasteiger partial charge in [-0.1, -0.05) is 13.8 Å². The van der Waals surface area contributed by atoms with Gasteiger partial charge in [0.05, 0.1) is 5.56 Å². The van der Waals surface area contributed by atoms with E-state index in [2.05, 4.69) is 0 Å². The molecule has 0 aliphatic rings. The van der Waals surface area contributed by atoms with E-state index in [1.165, 1.54) is 6.07 Å². The van der Waals surface area contributed by atoms with Crippen LogP contribution in [0.2, 0.25) is 0 Å². The number of rotatable bonds is 6. The van der Waals surface area contributed by atoms with Gasteiger partial charge in [-0.05, 0) is 36.9 Å². The third-order valence-corrected chi connectivity index (χ3v) is 2.84. The summed E-state index contributed by atoms with van der Waals surface area (Å²) in [5.74, 6) is -1.32. The van der Waals surface area contributed by atoms with Gasteiger partial charge < -0.3 is 5.73 Å². The minimum atomic E-state index is -0.805. The Hall–Kier alpha value is -1.29. The lowest BCUT2D eigenvalue weighted by atomic mass is 9.90. The fourth-order valence-electron chi connectivity index (χ4n) is 2.02. The zero-order chi connectivity index (χ0) is 13.7. The molecule has 1 unspecified atom stereocenters. The first kappa shape index (κ1) is 14.8. The topological polar surface area (TPSA) is 43.1 Å². The fourth-order valence-corrected chi connectivity index (χ4v) is 2.02. The average molecular weight is 255 g/mol. The molecule has 4 heteroatoms. The molecule has 0 aliphatic carbocycles. The molecule has 0 saturated carbocycles. The van der Waals surface area contributed by atoms with E-state index in [1.807, 2.05) is 13.8 Å². The van der Waals surface area contributed by atoms with E-state index in [-0.39, 0.29) is 23.7 Å². The predicted molar refractivity (Wildman–Crippen MR) is 67.3 cm³/mol. The summed E-state index contributed by atoms with van der Waals surface area (Å²) in [4.78, 5) is 11.9. The Morgan fingerprint density at radius 3 is 2.50 bits per heavy atom. The molecule has 0 aliphatic heterocycles. The number of carbonyl (C=O) groups excluding carboxylic acids is 1. The number of nitrogens with two attached hydrogens (primary N) is 1. The number of benzene rings is 1. The van der Waals surface area contributed by atoms with E-state index in [9.17, 15) is 13.6 Å². The van der Waals surface area contributed by atoms with Crippen molar-refractivity contribution >= 4 is 5.78 Å². The maximum absolute atomic E-state index is 13.4. The average Bonchev–Trinajstić information content (AvgIpc) is 2.27. The van der Waals surface area contributed by atoms with Gasteiger partial charge in [0.2, 0.25) is 0 Å². The van der Waals surface area contributed by atoms with Crippen LogP contribution >= 0.6 is 0 Å². The Balaban J connectivity index is 2.74. The normalized spacial score (nSPS) is 12.8. The Bertz CT molecular complexity index is 418.